The van der Waals surface area contributed by atoms with Gasteiger partial charge in [-0.1, -0.05) is 6.92 Å². The molecule has 2 fully saturated rings. The Hall–Kier alpha value is -3.16. The zero-order chi connectivity index (χ0) is 24.8. The second-order valence-electron chi connectivity index (χ2n) is 8.82. The van der Waals surface area contributed by atoms with E-state index in [4.69, 9.17) is 27.0 Å². The molecule has 2 aliphatic heterocycles. The first kappa shape index (κ1) is 24.0. The number of ether oxygens (including phenoxy) is 2. The molecule has 0 saturated carbocycles. The van der Waals surface area contributed by atoms with Crippen LogP contribution in [0.4, 0.5) is 24.5 Å². The number of thiocarbonyl (C=S) groups is 1. The highest BCUT2D eigenvalue weighted by Crippen LogP contribution is 2.40. The van der Waals surface area contributed by atoms with Crippen LogP contribution in [0.15, 0.2) is 42.5 Å². The fraction of sp³-hybridized carbons (Fsp3) is 0.375. The number of amides is 1. The van der Waals surface area contributed by atoms with Gasteiger partial charge in [0.25, 0.3) is 5.91 Å². The van der Waals surface area contributed by atoms with Crippen molar-refractivity contribution >= 4 is 34.6 Å². The van der Waals surface area contributed by atoms with E-state index in [-0.39, 0.29) is 22.8 Å². The van der Waals surface area contributed by atoms with E-state index in [9.17, 15) is 18.0 Å². The smallest absolute Gasteiger partial charge is 0.417 e. The number of rotatable bonds is 4. The van der Waals surface area contributed by atoms with Gasteiger partial charge in [-0.2, -0.15) is 18.4 Å². The van der Waals surface area contributed by atoms with Crippen LogP contribution < -0.4 is 14.5 Å². The van der Waals surface area contributed by atoms with Gasteiger partial charge in [0, 0.05) is 11.6 Å². The lowest BCUT2D eigenvalue weighted by atomic mass is 10.0. The summed E-state index contributed by atoms with van der Waals surface area (Å²) < 4.78 is 51.8. The van der Waals surface area contributed by atoms with E-state index in [0.717, 1.165) is 17.0 Å². The Kier molecular flexibility index (Phi) is 6.04. The molecule has 1 amide bonds. The summed E-state index contributed by atoms with van der Waals surface area (Å²) in [6.45, 7) is 6.50. The van der Waals surface area contributed by atoms with Gasteiger partial charge in [0.05, 0.1) is 36.1 Å². The van der Waals surface area contributed by atoms with Crippen molar-refractivity contribution in [2.75, 3.05) is 23.0 Å². The number of carbonyl (C=O) groups excluding carboxylic acids is 1. The average molecular weight is 490 g/mol. The summed E-state index contributed by atoms with van der Waals surface area (Å²) in [5, 5.41) is 9.10. The third-order valence-electron chi connectivity index (χ3n) is 6.04. The molecule has 0 aliphatic carbocycles. The molecule has 0 bridgehead atoms. The number of carbonyl (C=O) groups is 1. The molecule has 2 heterocycles. The van der Waals surface area contributed by atoms with E-state index < -0.39 is 28.7 Å². The lowest BCUT2D eigenvalue weighted by molar-refractivity contribution is -0.137. The van der Waals surface area contributed by atoms with Crippen molar-refractivity contribution < 1.29 is 27.4 Å². The first-order chi connectivity index (χ1) is 15.9. The maximum atomic E-state index is 13.5. The molecule has 2 aliphatic rings. The first-order valence-corrected chi connectivity index (χ1v) is 11.0. The largest absolute Gasteiger partial charge is 0.488 e. The maximum absolute atomic E-state index is 13.5. The zero-order valence-electron chi connectivity index (χ0n) is 18.7. The van der Waals surface area contributed by atoms with Gasteiger partial charge in [0.15, 0.2) is 5.11 Å². The van der Waals surface area contributed by atoms with Gasteiger partial charge in [-0.3, -0.25) is 9.69 Å². The molecule has 2 unspecified atom stereocenters. The number of hydrogen-bond acceptors (Lipinski definition) is 5. The number of hydrogen-bond donors (Lipinski definition) is 0. The van der Waals surface area contributed by atoms with Crippen molar-refractivity contribution in [2.45, 2.75) is 38.6 Å². The van der Waals surface area contributed by atoms with Crippen LogP contribution in [0, 0.1) is 17.2 Å². The van der Waals surface area contributed by atoms with E-state index in [2.05, 4.69) is 0 Å². The highest BCUT2D eigenvalue weighted by Gasteiger charge is 2.50. The van der Waals surface area contributed by atoms with Gasteiger partial charge in [-0.25, -0.2) is 0 Å². The van der Waals surface area contributed by atoms with Crippen molar-refractivity contribution in [3.05, 3.63) is 53.6 Å². The molecular formula is C24H22F3N3O3S. The van der Waals surface area contributed by atoms with Crippen molar-refractivity contribution in [2.24, 2.45) is 5.92 Å². The molecule has 6 nitrogen and oxygen atoms in total. The fourth-order valence-electron chi connectivity index (χ4n) is 4.10. The van der Waals surface area contributed by atoms with Gasteiger partial charge in [0.2, 0.25) is 0 Å². The molecule has 178 valence electrons. The minimum Gasteiger partial charge on any atom is -0.488 e. The number of anilines is 2. The highest BCUT2D eigenvalue weighted by molar-refractivity contribution is 7.81. The Morgan fingerprint density at radius 2 is 1.79 bits per heavy atom. The summed E-state index contributed by atoms with van der Waals surface area (Å²) in [7, 11) is 0. The topological polar surface area (TPSA) is 65.8 Å². The van der Waals surface area contributed by atoms with E-state index in [1.54, 1.807) is 49.1 Å². The summed E-state index contributed by atoms with van der Waals surface area (Å²) in [5.74, 6) is 0.427. The third kappa shape index (κ3) is 4.10. The van der Waals surface area contributed by atoms with Crippen LogP contribution in [0.25, 0.3) is 0 Å². The number of nitrogens with zero attached hydrogens (tertiary/aromatic N) is 3. The molecule has 34 heavy (non-hydrogen) atoms. The second-order valence-corrected chi connectivity index (χ2v) is 9.19. The van der Waals surface area contributed by atoms with Crippen molar-refractivity contribution in [3.8, 4) is 11.8 Å². The Bertz CT molecular complexity index is 1170. The highest BCUT2D eigenvalue weighted by atomic mass is 32.1. The minimum absolute atomic E-state index is 0.0410. The van der Waals surface area contributed by atoms with Crippen LogP contribution in [0.3, 0.4) is 0 Å². The molecule has 4 rings (SSSR count). The summed E-state index contributed by atoms with van der Waals surface area (Å²) in [6, 6.07) is 11.7. The van der Waals surface area contributed by atoms with Gasteiger partial charge in [-0.15, -0.1) is 0 Å². The van der Waals surface area contributed by atoms with E-state index in [0.29, 0.717) is 24.7 Å². The summed E-state index contributed by atoms with van der Waals surface area (Å²) in [5.41, 5.74) is -2.25. The van der Waals surface area contributed by atoms with Crippen LogP contribution in [0.1, 0.15) is 31.9 Å². The zero-order valence-corrected chi connectivity index (χ0v) is 19.5. The van der Waals surface area contributed by atoms with E-state index >= 15 is 0 Å². The Morgan fingerprint density at radius 3 is 2.35 bits per heavy atom. The van der Waals surface area contributed by atoms with Crippen LogP contribution in [-0.4, -0.2) is 35.9 Å². The Balaban J connectivity index is 1.65. The van der Waals surface area contributed by atoms with Crippen molar-refractivity contribution in [3.63, 3.8) is 0 Å². The molecular weight excluding hydrogens is 467 g/mol. The second kappa shape index (κ2) is 8.56. The van der Waals surface area contributed by atoms with Crippen LogP contribution in [0.2, 0.25) is 0 Å². The van der Waals surface area contributed by atoms with Gasteiger partial charge < -0.3 is 14.4 Å². The minimum atomic E-state index is -4.75. The third-order valence-corrected chi connectivity index (χ3v) is 6.40. The average Bonchev–Trinajstić information content (AvgIpc) is 3.25. The Labute approximate surface area is 200 Å². The Morgan fingerprint density at radius 1 is 1.15 bits per heavy atom. The molecule has 0 spiro atoms. The molecule has 2 aromatic rings. The molecule has 10 heteroatoms. The van der Waals surface area contributed by atoms with Gasteiger partial charge in [-0.05, 0) is 68.5 Å². The normalized spacial score (nSPS) is 22.3. The molecule has 2 aromatic carbocycles. The van der Waals surface area contributed by atoms with Crippen molar-refractivity contribution in [1.82, 2.24) is 0 Å². The van der Waals surface area contributed by atoms with Gasteiger partial charge in [0.1, 0.15) is 17.4 Å². The number of alkyl halides is 3. The predicted octanol–water partition coefficient (Wildman–Crippen LogP) is 4.91. The summed E-state index contributed by atoms with van der Waals surface area (Å²) in [4.78, 5) is 16.0. The molecule has 2 saturated heterocycles. The number of benzene rings is 2. The molecule has 0 N–H and O–H groups in total. The standard InChI is InChI=1S/C24H22F3N3O3S/c1-14-12-32-13-20(14)33-18-8-6-16(7-9-18)30-22(34)29(21(31)23(30,2)3)17-5-4-15(11-28)19(10-17)24(25,26)27/h4-10,14,20H,12-13H2,1-3H3. The van der Waals surface area contributed by atoms with Crippen LogP contribution >= 0.6 is 12.2 Å². The summed E-state index contributed by atoms with van der Waals surface area (Å²) >= 11 is 5.55. The molecule has 0 aromatic heterocycles. The maximum Gasteiger partial charge on any atom is 0.417 e. The van der Waals surface area contributed by atoms with E-state index in [1.807, 2.05) is 6.92 Å². The van der Waals surface area contributed by atoms with E-state index in [1.165, 1.54) is 6.07 Å². The van der Waals surface area contributed by atoms with Crippen LogP contribution in [0.5, 0.6) is 5.75 Å². The lowest BCUT2D eigenvalue weighted by Crippen LogP contribution is -2.44. The lowest BCUT2D eigenvalue weighted by Gasteiger charge is -2.29. The SMILES string of the molecule is CC1COCC1Oc1ccc(N2C(=S)N(c3ccc(C#N)c(C(F)(F)F)c3)C(=O)C2(C)C)cc1. The molecule has 2 atom stereocenters. The van der Waals surface area contributed by atoms with Crippen LogP contribution in [-0.2, 0) is 15.7 Å². The number of nitriles is 1. The van der Waals surface area contributed by atoms with Gasteiger partial charge >= 0.3 is 6.18 Å². The van der Waals surface area contributed by atoms with Crippen molar-refractivity contribution in [1.29, 1.82) is 5.26 Å². The quantitative estimate of drug-likeness (QED) is 0.569. The number of halogens is 3. The fourth-order valence-corrected chi connectivity index (χ4v) is 4.62. The first-order valence-electron chi connectivity index (χ1n) is 10.6. The summed E-state index contributed by atoms with van der Waals surface area (Å²) in [6.07, 6.45) is -4.80. The monoisotopic (exact) mass is 489 g/mol. The predicted molar refractivity (Wildman–Crippen MR) is 124 cm³/mol. The molecule has 0 radical (unpaired) electrons.